The second kappa shape index (κ2) is 9.80. The van der Waals surface area contributed by atoms with Crippen LogP contribution in [0.2, 0.25) is 0 Å². The van der Waals surface area contributed by atoms with Gasteiger partial charge in [-0.3, -0.25) is 9.36 Å². The first-order valence-electron chi connectivity index (χ1n) is 10.1. The molecule has 0 saturated carbocycles. The van der Waals surface area contributed by atoms with Crippen LogP contribution in [0, 0.1) is 0 Å². The van der Waals surface area contributed by atoms with E-state index in [0.29, 0.717) is 0 Å². The number of hydrogen-bond acceptors (Lipinski definition) is 5. The summed E-state index contributed by atoms with van der Waals surface area (Å²) in [5.41, 5.74) is 3.00. The number of nitrogens with zero attached hydrogens (tertiary/aromatic N) is 3. The minimum atomic E-state index is -0.318. The van der Waals surface area contributed by atoms with Crippen molar-refractivity contribution in [2.24, 2.45) is 0 Å². The molecule has 0 aliphatic heterocycles. The zero-order chi connectivity index (χ0) is 21.7. The lowest BCUT2D eigenvalue weighted by Crippen LogP contribution is -2.23. The van der Waals surface area contributed by atoms with E-state index >= 15 is 0 Å². The van der Waals surface area contributed by atoms with Crippen molar-refractivity contribution in [3.63, 3.8) is 0 Å². The fourth-order valence-corrected chi connectivity index (χ4v) is 4.02. The van der Waals surface area contributed by atoms with E-state index in [9.17, 15) is 4.79 Å². The molecule has 0 bridgehead atoms. The second-order valence-corrected chi connectivity index (χ2v) is 8.61. The Kier molecular flexibility index (Phi) is 7.15. The minimum absolute atomic E-state index is 0.0615. The first-order chi connectivity index (χ1) is 14.4. The minimum Gasteiger partial charge on any atom is -0.497 e. The number of carbonyl (C=O) groups excluding carboxylic acids is 1. The Labute approximate surface area is 182 Å². The molecule has 158 valence electrons. The van der Waals surface area contributed by atoms with Gasteiger partial charge in [-0.2, -0.15) is 0 Å². The van der Waals surface area contributed by atoms with Crippen LogP contribution in [0.5, 0.6) is 5.75 Å². The molecule has 3 rings (SSSR count). The first-order valence-corrected chi connectivity index (χ1v) is 11.0. The number of aromatic nitrogens is 3. The highest BCUT2D eigenvalue weighted by molar-refractivity contribution is 8.00. The quantitative estimate of drug-likeness (QED) is 0.502. The molecule has 30 heavy (non-hydrogen) atoms. The molecule has 7 heteroatoms. The van der Waals surface area contributed by atoms with E-state index in [1.165, 1.54) is 17.3 Å². The van der Waals surface area contributed by atoms with Gasteiger partial charge in [0.2, 0.25) is 5.91 Å². The lowest BCUT2D eigenvalue weighted by Gasteiger charge is -2.16. The third kappa shape index (κ3) is 5.02. The summed E-state index contributed by atoms with van der Waals surface area (Å²) in [5.74, 6) is 1.51. The Morgan fingerprint density at radius 1 is 1.07 bits per heavy atom. The number of ether oxygens (including phenoxy) is 1. The van der Waals surface area contributed by atoms with Crippen molar-refractivity contribution in [1.82, 2.24) is 14.8 Å². The maximum atomic E-state index is 12.7. The Morgan fingerprint density at radius 3 is 2.30 bits per heavy atom. The van der Waals surface area contributed by atoms with Crippen molar-refractivity contribution in [1.29, 1.82) is 0 Å². The summed E-state index contributed by atoms with van der Waals surface area (Å²) in [6, 6.07) is 15.8. The van der Waals surface area contributed by atoms with Crippen LogP contribution in [0.1, 0.15) is 39.3 Å². The van der Waals surface area contributed by atoms with Gasteiger partial charge in [0, 0.05) is 17.3 Å². The molecule has 0 unspecified atom stereocenters. The van der Waals surface area contributed by atoms with Gasteiger partial charge in [0.15, 0.2) is 11.0 Å². The highest BCUT2D eigenvalue weighted by Crippen LogP contribution is 2.31. The zero-order valence-electron chi connectivity index (χ0n) is 18.0. The van der Waals surface area contributed by atoms with Crippen LogP contribution >= 0.6 is 11.8 Å². The highest BCUT2D eigenvalue weighted by atomic mass is 32.2. The molecular weight excluding hydrogens is 396 g/mol. The molecule has 0 aliphatic rings. The Hall–Kier alpha value is -2.80. The topological polar surface area (TPSA) is 69.0 Å². The third-order valence-corrected chi connectivity index (χ3v) is 5.87. The van der Waals surface area contributed by atoms with E-state index in [1.807, 2.05) is 55.5 Å². The largest absolute Gasteiger partial charge is 0.497 e. The van der Waals surface area contributed by atoms with Crippen molar-refractivity contribution < 1.29 is 9.53 Å². The van der Waals surface area contributed by atoms with E-state index in [1.54, 1.807) is 7.11 Å². The fraction of sp³-hybridized carbons (Fsp3) is 0.348. The van der Waals surface area contributed by atoms with Gasteiger partial charge in [-0.15, -0.1) is 10.2 Å². The van der Waals surface area contributed by atoms with Gasteiger partial charge in [-0.05, 0) is 69.2 Å². The third-order valence-electron chi connectivity index (χ3n) is 4.81. The monoisotopic (exact) mass is 424 g/mol. The van der Waals surface area contributed by atoms with Crippen LogP contribution in [0.15, 0.2) is 53.7 Å². The molecule has 0 spiro atoms. The number of amides is 1. The molecule has 0 radical (unpaired) electrons. The second-order valence-electron chi connectivity index (χ2n) is 7.30. The van der Waals surface area contributed by atoms with Gasteiger partial charge >= 0.3 is 0 Å². The normalized spacial score (nSPS) is 12.1. The summed E-state index contributed by atoms with van der Waals surface area (Å²) in [6.07, 6.45) is 0.974. The molecule has 0 fully saturated rings. The maximum absolute atomic E-state index is 12.7. The van der Waals surface area contributed by atoms with E-state index < -0.39 is 0 Å². The number of methoxy groups -OCH3 is 1. The first kappa shape index (κ1) is 21.9. The summed E-state index contributed by atoms with van der Waals surface area (Å²) in [7, 11) is 1.64. The van der Waals surface area contributed by atoms with Crippen molar-refractivity contribution in [2.75, 3.05) is 12.4 Å². The van der Waals surface area contributed by atoms with E-state index in [0.717, 1.165) is 34.4 Å². The van der Waals surface area contributed by atoms with Gasteiger partial charge in [-0.1, -0.05) is 30.8 Å². The number of benzene rings is 2. The Bertz CT molecular complexity index is 981. The van der Waals surface area contributed by atoms with Crippen LogP contribution in [-0.4, -0.2) is 33.0 Å². The summed E-state index contributed by atoms with van der Waals surface area (Å²) >= 11 is 1.41. The SMILES string of the molecule is CCc1ccc(NC(=O)[C@H](C)Sc2nnc(-c3ccc(OC)cc3)n2C(C)C)cc1. The standard InChI is InChI=1S/C23H28N4O2S/c1-6-17-7-11-19(12-8-17)24-22(28)16(4)30-23-26-25-21(27(23)15(2)3)18-9-13-20(29-5)14-10-18/h7-16H,6H2,1-5H3,(H,24,28)/t16-/m0/s1. The van der Waals surface area contributed by atoms with E-state index in [2.05, 4.69) is 40.9 Å². The average Bonchev–Trinajstić information content (AvgIpc) is 3.18. The molecule has 2 aromatic carbocycles. The van der Waals surface area contributed by atoms with Crippen molar-refractivity contribution in [3.8, 4) is 17.1 Å². The van der Waals surface area contributed by atoms with Crippen molar-refractivity contribution >= 4 is 23.4 Å². The van der Waals surface area contributed by atoms with Crippen LogP contribution in [0.4, 0.5) is 5.69 Å². The van der Waals surface area contributed by atoms with Gasteiger partial charge in [-0.25, -0.2) is 0 Å². The maximum Gasteiger partial charge on any atom is 0.237 e. The summed E-state index contributed by atoms with van der Waals surface area (Å²) in [5, 5.41) is 12.2. The van der Waals surface area contributed by atoms with Crippen LogP contribution < -0.4 is 10.1 Å². The number of anilines is 1. The summed E-state index contributed by atoms with van der Waals surface area (Å²) in [6.45, 7) is 8.16. The van der Waals surface area contributed by atoms with E-state index in [-0.39, 0.29) is 17.2 Å². The van der Waals surface area contributed by atoms with E-state index in [4.69, 9.17) is 4.74 Å². The predicted molar refractivity (Wildman–Crippen MR) is 122 cm³/mol. The predicted octanol–water partition coefficient (Wildman–Crippen LogP) is 5.22. The Morgan fingerprint density at radius 2 is 1.73 bits per heavy atom. The molecule has 1 heterocycles. The molecular formula is C23H28N4O2S. The van der Waals surface area contributed by atoms with Crippen molar-refractivity contribution in [2.45, 2.75) is 50.6 Å². The van der Waals surface area contributed by atoms with Gasteiger partial charge in [0.05, 0.1) is 12.4 Å². The number of rotatable bonds is 8. The van der Waals surface area contributed by atoms with Crippen LogP contribution in [-0.2, 0) is 11.2 Å². The van der Waals surface area contributed by atoms with Gasteiger partial charge in [0.25, 0.3) is 0 Å². The molecule has 0 aliphatic carbocycles. The number of aryl methyl sites for hydroxylation is 1. The molecule has 6 nitrogen and oxygen atoms in total. The average molecular weight is 425 g/mol. The summed E-state index contributed by atoms with van der Waals surface area (Å²) < 4.78 is 7.30. The number of thioether (sulfide) groups is 1. The van der Waals surface area contributed by atoms with Crippen molar-refractivity contribution in [3.05, 3.63) is 54.1 Å². The van der Waals surface area contributed by atoms with Gasteiger partial charge in [0.1, 0.15) is 5.75 Å². The molecule has 3 aromatic rings. The lowest BCUT2D eigenvalue weighted by molar-refractivity contribution is -0.115. The van der Waals surface area contributed by atoms with Crippen LogP contribution in [0.3, 0.4) is 0 Å². The number of nitrogens with one attached hydrogen (secondary N) is 1. The zero-order valence-corrected chi connectivity index (χ0v) is 18.9. The van der Waals surface area contributed by atoms with Gasteiger partial charge < -0.3 is 10.1 Å². The molecule has 1 atom stereocenters. The number of hydrogen-bond donors (Lipinski definition) is 1. The summed E-state index contributed by atoms with van der Waals surface area (Å²) in [4.78, 5) is 12.7. The smallest absolute Gasteiger partial charge is 0.237 e. The molecule has 1 N–H and O–H groups in total. The number of carbonyl (C=O) groups is 1. The molecule has 1 aromatic heterocycles. The lowest BCUT2D eigenvalue weighted by atomic mass is 10.1. The van der Waals surface area contributed by atoms with Crippen LogP contribution in [0.25, 0.3) is 11.4 Å². The fourth-order valence-electron chi connectivity index (χ4n) is 3.04. The Balaban J connectivity index is 1.76. The molecule has 0 saturated heterocycles. The molecule has 1 amide bonds. The highest BCUT2D eigenvalue weighted by Gasteiger charge is 2.22.